The van der Waals surface area contributed by atoms with E-state index in [0.717, 1.165) is 31.2 Å². The van der Waals surface area contributed by atoms with E-state index in [-0.39, 0.29) is 17.9 Å². The Kier molecular flexibility index (Phi) is 7.39. The fourth-order valence-electron chi connectivity index (χ4n) is 4.33. The van der Waals surface area contributed by atoms with Crippen LogP contribution in [0, 0.1) is 11.3 Å². The van der Waals surface area contributed by atoms with Crippen LogP contribution < -0.4 is 10.1 Å². The molecule has 0 radical (unpaired) electrons. The van der Waals surface area contributed by atoms with E-state index in [9.17, 15) is 10.1 Å². The number of hydrogen-bond donors (Lipinski definition) is 1. The smallest absolute Gasteiger partial charge is 0.258 e. The Labute approximate surface area is 200 Å². The molecule has 176 valence electrons. The molecule has 0 spiro atoms. The fourth-order valence-corrected chi connectivity index (χ4v) is 4.33. The van der Waals surface area contributed by atoms with Gasteiger partial charge in [0.2, 0.25) is 5.82 Å². The number of ketones is 1. The van der Waals surface area contributed by atoms with Crippen molar-refractivity contribution in [1.82, 2.24) is 15.5 Å². The molecule has 0 unspecified atom stereocenters. The Balaban J connectivity index is 1.53. The molecule has 2 aromatic carbocycles. The molecule has 1 heterocycles. The van der Waals surface area contributed by atoms with Crippen molar-refractivity contribution in [2.75, 3.05) is 6.54 Å². The lowest BCUT2D eigenvalue weighted by Crippen LogP contribution is -2.26. The van der Waals surface area contributed by atoms with Crippen LogP contribution in [-0.4, -0.2) is 28.6 Å². The van der Waals surface area contributed by atoms with Gasteiger partial charge < -0.3 is 14.6 Å². The Morgan fingerprint density at radius 2 is 2.18 bits per heavy atom. The molecular weight excluding hydrogens is 428 g/mol. The minimum atomic E-state index is -0.0269. The van der Waals surface area contributed by atoms with Crippen molar-refractivity contribution in [2.24, 2.45) is 0 Å². The summed E-state index contributed by atoms with van der Waals surface area (Å²) >= 11 is 0. The van der Waals surface area contributed by atoms with E-state index in [4.69, 9.17) is 9.26 Å². The molecule has 1 aliphatic carbocycles. The van der Waals surface area contributed by atoms with Crippen molar-refractivity contribution in [3.63, 3.8) is 0 Å². The van der Waals surface area contributed by atoms with Crippen LogP contribution in [0.15, 0.2) is 40.9 Å². The Morgan fingerprint density at radius 1 is 1.32 bits per heavy atom. The molecule has 7 nitrogen and oxygen atoms in total. The van der Waals surface area contributed by atoms with Crippen molar-refractivity contribution in [3.05, 3.63) is 53.1 Å². The van der Waals surface area contributed by atoms with Gasteiger partial charge in [0.1, 0.15) is 17.6 Å². The minimum Gasteiger partial charge on any atom is -0.490 e. The van der Waals surface area contributed by atoms with E-state index < -0.39 is 0 Å². The third-order valence-corrected chi connectivity index (χ3v) is 6.00. The summed E-state index contributed by atoms with van der Waals surface area (Å²) in [6.07, 6.45) is 4.39. The van der Waals surface area contributed by atoms with Crippen LogP contribution in [-0.2, 0) is 11.2 Å². The molecule has 7 heteroatoms. The van der Waals surface area contributed by atoms with E-state index in [2.05, 4.69) is 34.5 Å². The van der Waals surface area contributed by atoms with Gasteiger partial charge in [-0.15, -0.1) is 0 Å². The molecule has 0 amide bonds. The lowest BCUT2D eigenvalue weighted by molar-refractivity contribution is -0.118. The van der Waals surface area contributed by atoms with Gasteiger partial charge in [-0.3, -0.25) is 4.79 Å². The fraction of sp³-hybridized carbons (Fsp3) is 0.407. The second-order valence-corrected chi connectivity index (χ2v) is 8.90. The molecule has 3 aromatic rings. The molecular formula is C27H30N4O3. The normalized spacial score (nSPS) is 14.7. The van der Waals surface area contributed by atoms with E-state index in [1.165, 1.54) is 11.1 Å². The number of Topliss-reactive ketones (excluding diaryl/α,β-unsaturated/α-hetero) is 1. The number of nitriles is 1. The number of rotatable bonds is 10. The molecule has 4 rings (SSSR count). The van der Waals surface area contributed by atoms with Crippen molar-refractivity contribution >= 4 is 5.78 Å². The van der Waals surface area contributed by atoms with Gasteiger partial charge in [-0.1, -0.05) is 36.7 Å². The average molecular weight is 459 g/mol. The number of benzene rings is 2. The molecule has 1 atom stereocenters. The van der Waals surface area contributed by atoms with Crippen LogP contribution in [0.1, 0.15) is 69.2 Å². The molecule has 0 saturated heterocycles. The molecule has 1 aromatic heterocycles. The topological polar surface area (TPSA) is 101 Å². The first kappa shape index (κ1) is 23.7. The van der Waals surface area contributed by atoms with E-state index in [0.29, 0.717) is 41.6 Å². The Morgan fingerprint density at radius 3 is 2.94 bits per heavy atom. The molecule has 0 saturated carbocycles. The molecule has 34 heavy (non-hydrogen) atoms. The zero-order valence-corrected chi connectivity index (χ0v) is 19.9. The third-order valence-electron chi connectivity index (χ3n) is 6.00. The van der Waals surface area contributed by atoms with Gasteiger partial charge in [0, 0.05) is 23.6 Å². The number of fused-ring (bicyclic) bond motifs is 1. The average Bonchev–Trinajstić information content (AvgIpc) is 3.49. The largest absolute Gasteiger partial charge is 0.490 e. The van der Waals surface area contributed by atoms with Crippen LogP contribution in [0.4, 0.5) is 0 Å². The summed E-state index contributed by atoms with van der Waals surface area (Å²) in [5, 5.41) is 17.2. The highest BCUT2D eigenvalue weighted by atomic mass is 16.5. The number of carbonyl (C=O) groups excluding carboxylic acids is 1. The number of aromatic nitrogens is 2. The minimum absolute atomic E-state index is 0.0269. The van der Waals surface area contributed by atoms with Crippen molar-refractivity contribution < 1.29 is 14.1 Å². The second-order valence-electron chi connectivity index (χ2n) is 8.90. The molecule has 0 fully saturated rings. The van der Waals surface area contributed by atoms with E-state index in [1.807, 2.05) is 32.0 Å². The highest BCUT2D eigenvalue weighted by Crippen LogP contribution is 2.37. The van der Waals surface area contributed by atoms with E-state index >= 15 is 0 Å². The Hall–Kier alpha value is -3.50. The number of unbranched alkanes of at least 4 members (excludes halogenated alkanes) is 1. The van der Waals surface area contributed by atoms with Crippen LogP contribution >= 0.6 is 0 Å². The molecule has 1 aliphatic rings. The number of nitrogens with one attached hydrogen (secondary N) is 1. The van der Waals surface area contributed by atoms with Gasteiger partial charge in [0.25, 0.3) is 5.89 Å². The zero-order valence-electron chi connectivity index (χ0n) is 19.9. The summed E-state index contributed by atoms with van der Waals surface area (Å²) in [5.41, 5.74) is 4.41. The standard InChI is InChI=1S/C27H30N4O3/c1-4-5-7-20(32)16-29-24-12-11-21-22(24)8-6-9-23(21)26-30-27(34-31-26)18-10-13-25(33-17(2)3)19(14-18)15-28/h6,8-10,13-14,17,24,29H,4-5,7,11-12,16H2,1-3H3/t24-/m0/s1. The second kappa shape index (κ2) is 10.6. The first-order valence-electron chi connectivity index (χ1n) is 11.9. The van der Waals surface area contributed by atoms with Gasteiger partial charge in [0.15, 0.2) is 0 Å². The maximum atomic E-state index is 12.1. The summed E-state index contributed by atoms with van der Waals surface area (Å²) in [6.45, 7) is 6.33. The van der Waals surface area contributed by atoms with Gasteiger partial charge >= 0.3 is 0 Å². The third kappa shape index (κ3) is 5.18. The first-order chi connectivity index (χ1) is 16.5. The van der Waals surface area contributed by atoms with E-state index in [1.54, 1.807) is 12.1 Å². The van der Waals surface area contributed by atoms with Gasteiger partial charge in [-0.2, -0.15) is 10.2 Å². The SMILES string of the molecule is CCCCC(=O)CN[C@H]1CCc2c(-c3noc(-c4ccc(OC(C)C)c(C#N)c4)n3)cccc21. The Bertz CT molecular complexity index is 1210. The summed E-state index contributed by atoms with van der Waals surface area (Å²) in [5.74, 6) is 1.67. The maximum absolute atomic E-state index is 12.1. The molecule has 1 N–H and O–H groups in total. The first-order valence-corrected chi connectivity index (χ1v) is 11.9. The predicted molar refractivity (Wildman–Crippen MR) is 129 cm³/mol. The quantitative estimate of drug-likeness (QED) is 0.434. The molecule has 0 bridgehead atoms. The lowest BCUT2D eigenvalue weighted by atomic mass is 10.0. The number of hydrogen-bond acceptors (Lipinski definition) is 7. The van der Waals surface area contributed by atoms with Gasteiger partial charge in [-0.05, 0) is 62.4 Å². The number of ether oxygens (including phenoxy) is 1. The van der Waals surface area contributed by atoms with Gasteiger partial charge in [-0.25, -0.2) is 0 Å². The van der Waals surface area contributed by atoms with Crippen LogP contribution in [0.2, 0.25) is 0 Å². The number of nitrogens with zero attached hydrogens (tertiary/aromatic N) is 3. The highest BCUT2D eigenvalue weighted by Gasteiger charge is 2.26. The molecule has 0 aliphatic heterocycles. The summed E-state index contributed by atoms with van der Waals surface area (Å²) in [6, 6.07) is 13.7. The maximum Gasteiger partial charge on any atom is 0.258 e. The van der Waals surface area contributed by atoms with Crippen LogP contribution in [0.3, 0.4) is 0 Å². The zero-order chi connectivity index (χ0) is 24.1. The highest BCUT2D eigenvalue weighted by molar-refractivity contribution is 5.80. The van der Waals surface area contributed by atoms with Crippen LogP contribution in [0.25, 0.3) is 22.8 Å². The van der Waals surface area contributed by atoms with Crippen molar-refractivity contribution in [2.45, 2.75) is 65.0 Å². The number of carbonyl (C=O) groups is 1. The summed E-state index contributed by atoms with van der Waals surface area (Å²) in [7, 11) is 0. The predicted octanol–water partition coefficient (Wildman–Crippen LogP) is 5.40. The van der Waals surface area contributed by atoms with Crippen LogP contribution in [0.5, 0.6) is 5.75 Å². The summed E-state index contributed by atoms with van der Waals surface area (Å²) in [4.78, 5) is 16.7. The lowest BCUT2D eigenvalue weighted by Gasteiger charge is -2.14. The van der Waals surface area contributed by atoms with Crippen molar-refractivity contribution in [3.8, 4) is 34.7 Å². The van der Waals surface area contributed by atoms with Crippen molar-refractivity contribution in [1.29, 1.82) is 5.26 Å². The summed E-state index contributed by atoms with van der Waals surface area (Å²) < 4.78 is 11.3. The van der Waals surface area contributed by atoms with Gasteiger partial charge in [0.05, 0.1) is 18.2 Å². The monoisotopic (exact) mass is 458 g/mol.